The Hall–Kier alpha value is -3.66. The maximum Gasteiger partial charge on any atom is 0.336 e. The molecule has 1 N–H and O–H groups in total. The van der Waals surface area contributed by atoms with E-state index in [9.17, 15) is 14.3 Å². The van der Waals surface area contributed by atoms with Crippen LogP contribution in [0.25, 0.3) is 22.3 Å². The van der Waals surface area contributed by atoms with Gasteiger partial charge in [-0.15, -0.1) is 0 Å². The second-order valence-corrected chi connectivity index (χ2v) is 7.88. The molecule has 3 rings (SSSR count). The Kier molecular flexibility index (Phi) is 7.83. The summed E-state index contributed by atoms with van der Waals surface area (Å²) in [5.41, 5.74) is 6.12. The number of benzene rings is 3. The molecular formula is C29H29FO3. The normalized spacial score (nSPS) is 12.0. The molecule has 0 unspecified atom stereocenters. The number of aryl methyl sites for hydroxylation is 2. The average molecular weight is 445 g/mol. The van der Waals surface area contributed by atoms with Crippen LogP contribution in [0.4, 0.5) is 4.39 Å². The molecule has 0 radical (unpaired) electrons. The van der Waals surface area contributed by atoms with Gasteiger partial charge < -0.3 is 9.84 Å². The third kappa shape index (κ3) is 5.78. The highest BCUT2D eigenvalue weighted by atomic mass is 19.1. The Labute approximate surface area is 194 Å². The van der Waals surface area contributed by atoms with Gasteiger partial charge in [-0.25, -0.2) is 9.18 Å². The fourth-order valence-electron chi connectivity index (χ4n) is 3.84. The summed E-state index contributed by atoms with van der Waals surface area (Å²) in [7, 11) is 0. The van der Waals surface area contributed by atoms with E-state index in [0.717, 1.165) is 40.0 Å². The van der Waals surface area contributed by atoms with Gasteiger partial charge >= 0.3 is 5.97 Å². The molecule has 3 aromatic rings. The molecule has 33 heavy (non-hydrogen) atoms. The van der Waals surface area contributed by atoms with Gasteiger partial charge in [0, 0.05) is 0 Å². The maximum absolute atomic E-state index is 13.9. The van der Waals surface area contributed by atoms with E-state index in [2.05, 4.69) is 6.07 Å². The molecule has 0 aliphatic heterocycles. The summed E-state index contributed by atoms with van der Waals surface area (Å²) in [4.78, 5) is 12.1. The minimum atomic E-state index is -1.09. The average Bonchev–Trinajstić information content (AvgIpc) is 2.79. The van der Waals surface area contributed by atoms with Crippen LogP contribution in [0.3, 0.4) is 0 Å². The first-order chi connectivity index (χ1) is 15.8. The van der Waals surface area contributed by atoms with E-state index in [0.29, 0.717) is 17.7 Å². The second kappa shape index (κ2) is 10.8. The van der Waals surface area contributed by atoms with Crippen LogP contribution in [0.1, 0.15) is 42.5 Å². The molecule has 3 aromatic carbocycles. The zero-order valence-electron chi connectivity index (χ0n) is 19.5. The number of hydrogen-bond donors (Lipinski definition) is 1. The van der Waals surface area contributed by atoms with E-state index < -0.39 is 11.8 Å². The largest absolute Gasteiger partial charge is 0.494 e. The standard InChI is InChI=1S/C29H29FO3/c1-5-7-22(17-28(29(31)32)27-18-24(30)12-8-19(27)3)23-11-15-26(20(4)16-23)21-9-13-25(14-10-21)33-6-2/h7-18H,5-6H2,1-4H3,(H,31,32)/b22-7-,28-17+. The Morgan fingerprint density at radius 2 is 1.70 bits per heavy atom. The van der Waals surface area contributed by atoms with Gasteiger partial charge in [0.25, 0.3) is 0 Å². The lowest BCUT2D eigenvalue weighted by atomic mass is 9.92. The van der Waals surface area contributed by atoms with Crippen molar-refractivity contribution in [3.05, 3.63) is 101 Å². The SMILES string of the molecule is CC/C=C(/C=C(/C(=O)O)c1cc(F)ccc1C)c1ccc(-c2ccc(OCC)cc2)c(C)c1. The summed E-state index contributed by atoms with van der Waals surface area (Å²) in [5, 5.41) is 9.89. The van der Waals surface area contributed by atoms with Crippen molar-refractivity contribution in [2.24, 2.45) is 0 Å². The minimum Gasteiger partial charge on any atom is -0.494 e. The van der Waals surface area contributed by atoms with E-state index in [4.69, 9.17) is 4.74 Å². The molecular weight excluding hydrogens is 415 g/mol. The number of carboxylic acid groups (broad SMARTS) is 1. The summed E-state index contributed by atoms with van der Waals surface area (Å²) in [6.07, 6.45) is 4.36. The van der Waals surface area contributed by atoms with Crippen LogP contribution in [0.15, 0.2) is 72.8 Å². The molecule has 0 atom stereocenters. The van der Waals surface area contributed by atoms with Gasteiger partial charge in [-0.05, 0) is 96.5 Å². The Morgan fingerprint density at radius 1 is 0.970 bits per heavy atom. The number of allylic oxidation sites excluding steroid dienone is 3. The first-order valence-corrected chi connectivity index (χ1v) is 11.1. The molecule has 170 valence electrons. The molecule has 0 bridgehead atoms. The van der Waals surface area contributed by atoms with Crippen LogP contribution < -0.4 is 4.74 Å². The molecule has 0 aliphatic rings. The fourth-order valence-corrected chi connectivity index (χ4v) is 3.84. The number of rotatable bonds is 8. The molecule has 0 saturated carbocycles. The van der Waals surface area contributed by atoms with Gasteiger partial charge in [-0.1, -0.05) is 49.4 Å². The monoisotopic (exact) mass is 444 g/mol. The quantitative estimate of drug-likeness (QED) is 0.289. The maximum atomic E-state index is 13.9. The van der Waals surface area contributed by atoms with Crippen LogP contribution >= 0.6 is 0 Å². The van der Waals surface area contributed by atoms with Crippen molar-refractivity contribution in [1.82, 2.24) is 0 Å². The number of aliphatic carboxylic acids is 1. The van der Waals surface area contributed by atoms with Crippen LogP contribution in [0.5, 0.6) is 5.75 Å². The van der Waals surface area contributed by atoms with Crippen molar-refractivity contribution in [3.8, 4) is 16.9 Å². The van der Waals surface area contributed by atoms with Gasteiger partial charge in [-0.2, -0.15) is 0 Å². The molecule has 0 saturated heterocycles. The lowest BCUT2D eigenvalue weighted by molar-refractivity contribution is -0.130. The number of ether oxygens (including phenoxy) is 1. The number of carbonyl (C=O) groups is 1. The summed E-state index contributed by atoms with van der Waals surface area (Å²) in [6.45, 7) is 8.41. The molecule has 4 heteroatoms. The van der Waals surface area contributed by atoms with E-state index in [1.807, 2.05) is 63.2 Å². The van der Waals surface area contributed by atoms with Gasteiger partial charge in [0.2, 0.25) is 0 Å². The third-order valence-corrected chi connectivity index (χ3v) is 5.48. The van der Waals surface area contributed by atoms with Crippen molar-refractivity contribution in [2.75, 3.05) is 6.61 Å². The summed E-state index contributed by atoms with van der Waals surface area (Å²) in [6, 6.07) is 18.3. The third-order valence-electron chi connectivity index (χ3n) is 5.48. The van der Waals surface area contributed by atoms with Crippen LogP contribution in [0, 0.1) is 19.7 Å². The van der Waals surface area contributed by atoms with E-state index in [1.165, 1.54) is 12.1 Å². The van der Waals surface area contributed by atoms with Crippen LogP contribution in [-0.2, 0) is 4.79 Å². The topological polar surface area (TPSA) is 46.5 Å². The Bertz CT molecular complexity index is 1200. The molecule has 0 aliphatic carbocycles. The highest BCUT2D eigenvalue weighted by molar-refractivity contribution is 6.18. The zero-order valence-corrected chi connectivity index (χ0v) is 19.5. The highest BCUT2D eigenvalue weighted by Crippen LogP contribution is 2.31. The zero-order chi connectivity index (χ0) is 24.0. The van der Waals surface area contributed by atoms with Crippen LogP contribution in [-0.4, -0.2) is 17.7 Å². The van der Waals surface area contributed by atoms with E-state index in [1.54, 1.807) is 19.1 Å². The first kappa shape index (κ1) is 24.0. The minimum absolute atomic E-state index is 0.0694. The number of halogens is 1. The lowest BCUT2D eigenvalue weighted by Crippen LogP contribution is -2.03. The summed E-state index contributed by atoms with van der Waals surface area (Å²) < 4.78 is 19.4. The van der Waals surface area contributed by atoms with Crippen molar-refractivity contribution in [2.45, 2.75) is 34.1 Å². The lowest BCUT2D eigenvalue weighted by Gasteiger charge is -2.13. The molecule has 0 amide bonds. The van der Waals surface area contributed by atoms with Crippen molar-refractivity contribution < 1.29 is 19.0 Å². The smallest absolute Gasteiger partial charge is 0.336 e. The van der Waals surface area contributed by atoms with E-state index in [-0.39, 0.29) is 5.57 Å². The fraction of sp³-hybridized carbons (Fsp3) is 0.207. The van der Waals surface area contributed by atoms with Crippen molar-refractivity contribution >= 4 is 17.1 Å². The van der Waals surface area contributed by atoms with Crippen LogP contribution in [0.2, 0.25) is 0 Å². The van der Waals surface area contributed by atoms with Crippen molar-refractivity contribution in [3.63, 3.8) is 0 Å². The predicted molar refractivity (Wildman–Crippen MR) is 133 cm³/mol. The van der Waals surface area contributed by atoms with Gasteiger partial charge in [0.1, 0.15) is 11.6 Å². The molecule has 0 fully saturated rings. The highest BCUT2D eigenvalue weighted by Gasteiger charge is 2.16. The van der Waals surface area contributed by atoms with Gasteiger partial charge in [0.05, 0.1) is 12.2 Å². The number of carboxylic acids is 1. The summed E-state index contributed by atoms with van der Waals surface area (Å²) >= 11 is 0. The molecule has 3 nitrogen and oxygen atoms in total. The number of hydrogen-bond acceptors (Lipinski definition) is 2. The summed E-state index contributed by atoms with van der Waals surface area (Å²) in [5.74, 6) is -0.713. The Morgan fingerprint density at radius 3 is 2.30 bits per heavy atom. The predicted octanol–water partition coefficient (Wildman–Crippen LogP) is 7.47. The molecule has 0 heterocycles. The molecule has 0 spiro atoms. The van der Waals surface area contributed by atoms with E-state index >= 15 is 0 Å². The Balaban J connectivity index is 2.02. The first-order valence-electron chi connectivity index (χ1n) is 11.1. The van der Waals surface area contributed by atoms with Gasteiger partial charge in [0.15, 0.2) is 0 Å². The second-order valence-electron chi connectivity index (χ2n) is 7.88. The van der Waals surface area contributed by atoms with Crippen molar-refractivity contribution in [1.29, 1.82) is 0 Å². The van der Waals surface area contributed by atoms with Gasteiger partial charge in [-0.3, -0.25) is 0 Å². The molecule has 0 aromatic heterocycles.